The van der Waals surface area contributed by atoms with Crippen molar-refractivity contribution in [1.82, 2.24) is 5.32 Å². The van der Waals surface area contributed by atoms with Gasteiger partial charge in [0.15, 0.2) is 0 Å². The Hall–Kier alpha value is -1.97. The standard InChI is InChI=1S/C12H15N3O/c1-3-14-7-6-11(13)10-4-5-12(15-16)9(2)8-10/h4-8,13-14H,3H2,1-2H3/b7-6-,13-11?. The maximum atomic E-state index is 10.4. The van der Waals surface area contributed by atoms with Crippen LogP contribution in [0, 0.1) is 17.2 Å². The fourth-order valence-electron chi connectivity index (χ4n) is 1.28. The zero-order valence-corrected chi connectivity index (χ0v) is 9.45. The van der Waals surface area contributed by atoms with Crippen molar-refractivity contribution in [3.05, 3.63) is 46.5 Å². The van der Waals surface area contributed by atoms with Gasteiger partial charge in [-0.25, -0.2) is 0 Å². The molecule has 0 atom stereocenters. The Labute approximate surface area is 94.9 Å². The summed E-state index contributed by atoms with van der Waals surface area (Å²) in [5, 5.41) is 13.7. The van der Waals surface area contributed by atoms with Crippen LogP contribution in [0.5, 0.6) is 0 Å². The van der Waals surface area contributed by atoms with E-state index >= 15 is 0 Å². The first kappa shape index (κ1) is 12.1. The third-order valence-electron chi connectivity index (χ3n) is 2.18. The predicted molar refractivity (Wildman–Crippen MR) is 66.3 cm³/mol. The number of nitroso groups, excluding NO2 is 1. The molecule has 1 aromatic carbocycles. The Kier molecular flexibility index (Phi) is 4.39. The van der Waals surface area contributed by atoms with E-state index in [2.05, 4.69) is 10.5 Å². The molecule has 0 unspecified atom stereocenters. The smallest absolute Gasteiger partial charge is 0.110 e. The average Bonchev–Trinajstić information content (AvgIpc) is 2.29. The van der Waals surface area contributed by atoms with E-state index in [1.54, 1.807) is 30.5 Å². The zero-order chi connectivity index (χ0) is 12.0. The molecule has 1 aromatic rings. The van der Waals surface area contributed by atoms with Gasteiger partial charge in [-0.1, -0.05) is 6.07 Å². The van der Waals surface area contributed by atoms with Gasteiger partial charge in [0.05, 0.1) is 5.71 Å². The largest absolute Gasteiger partial charge is 0.391 e. The van der Waals surface area contributed by atoms with Crippen LogP contribution < -0.4 is 5.32 Å². The highest BCUT2D eigenvalue weighted by molar-refractivity contribution is 6.06. The van der Waals surface area contributed by atoms with E-state index in [4.69, 9.17) is 5.41 Å². The van der Waals surface area contributed by atoms with Crippen molar-refractivity contribution in [2.45, 2.75) is 13.8 Å². The molecular weight excluding hydrogens is 202 g/mol. The summed E-state index contributed by atoms with van der Waals surface area (Å²) >= 11 is 0. The first-order chi connectivity index (χ1) is 7.69. The van der Waals surface area contributed by atoms with E-state index < -0.39 is 0 Å². The molecule has 1 rings (SSSR count). The monoisotopic (exact) mass is 217 g/mol. The van der Waals surface area contributed by atoms with E-state index in [1.807, 2.05) is 13.8 Å². The highest BCUT2D eigenvalue weighted by atomic mass is 16.3. The summed E-state index contributed by atoms with van der Waals surface area (Å²) in [6.45, 7) is 4.63. The Morgan fingerprint density at radius 3 is 2.88 bits per heavy atom. The second-order valence-corrected chi connectivity index (χ2v) is 3.40. The molecule has 2 N–H and O–H groups in total. The van der Waals surface area contributed by atoms with E-state index in [0.29, 0.717) is 11.4 Å². The lowest BCUT2D eigenvalue weighted by molar-refractivity contribution is 0.920. The molecule has 16 heavy (non-hydrogen) atoms. The van der Waals surface area contributed by atoms with E-state index in [9.17, 15) is 4.91 Å². The number of rotatable bonds is 5. The van der Waals surface area contributed by atoms with Crippen LogP contribution in [0.4, 0.5) is 5.69 Å². The van der Waals surface area contributed by atoms with Gasteiger partial charge in [-0.15, -0.1) is 4.91 Å². The van der Waals surface area contributed by atoms with Gasteiger partial charge in [-0.3, -0.25) is 0 Å². The van der Waals surface area contributed by atoms with Gasteiger partial charge in [-0.05, 0) is 54.6 Å². The maximum absolute atomic E-state index is 10.4. The van der Waals surface area contributed by atoms with Gasteiger partial charge in [0.2, 0.25) is 0 Å². The van der Waals surface area contributed by atoms with Gasteiger partial charge in [0.25, 0.3) is 0 Å². The van der Waals surface area contributed by atoms with Crippen molar-refractivity contribution in [2.24, 2.45) is 5.18 Å². The summed E-state index contributed by atoms with van der Waals surface area (Å²) in [5.74, 6) is 0. The quantitative estimate of drug-likeness (QED) is 0.588. The summed E-state index contributed by atoms with van der Waals surface area (Å²) in [6, 6.07) is 5.14. The molecule has 0 aromatic heterocycles. The molecule has 4 nitrogen and oxygen atoms in total. The first-order valence-corrected chi connectivity index (χ1v) is 5.12. The Bertz CT molecular complexity index is 424. The summed E-state index contributed by atoms with van der Waals surface area (Å²) in [5.41, 5.74) is 2.39. The van der Waals surface area contributed by atoms with Crippen molar-refractivity contribution < 1.29 is 0 Å². The molecule has 0 aliphatic heterocycles. The van der Waals surface area contributed by atoms with Crippen molar-refractivity contribution in [3.63, 3.8) is 0 Å². The molecule has 0 spiro atoms. The number of aryl methyl sites for hydroxylation is 1. The molecule has 0 saturated carbocycles. The normalized spacial score (nSPS) is 10.4. The molecule has 0 aliphatic carbocycles. The third kappa shape index (κ3) is 3.02. The van der Waals surface area contributed by atoms with Crippen molar-refractivity contribution in [1.29, 1.82) is 5.41 Å². The lowest BCUT2D eigenvalue weighted by Gasteiger charge is -2.02. The summed E-state index contributed by atoms with van der Waals surface area (Å²) in [6.07, 6.45) is 3.43. The lowest BCUT2D eigenvalue weighted by Crippen LogP contribution is -2.04. The van der Waals surface area contributed by atoms with Gasteiger partial charge >= 0.3 is 0 Å². The molecule has 0 amide bonds. The molecule has 0 saturated heterocycles. The van der Waals surface area contributed by atoms with Crippen LogP contribution in [-0.2, 0) is 0 Å². The lowest BCUT2D eigenvalue weighted by atomic mass is 10.1. The summed E-state index contributed by atoms with van der Waals surface area (Å²) < 4.78 is 0. The molecule has 84 valence electrons. The third-order valence-corrected chi connectivity index (χ3v) is 2.18. The minimum atomic E-state index is 0.404. The SMILES string of the molecule is CCN/C=C\C(=N)c1ccc(N=O)c(C)c1. The topological polar surface area (TPSA) is 65.3 Å². The number of nitrogens with one attached hydrogen (secondary N) is 2. The second kappa shape index (κ2) is 5.80. The fourth-order valence-corrected chi connectivity index (χ4v) is 1.28. The van der Waals surface area contributed by atoms with Crippen molar-refractivity contribution in [2.75, 3.05) is 6.54 Å². The van der Waals surface area contributed by atoms with E-state index in [0.717, 1.165) is 17.7 Å². The number of hydrogen-bond donors (Lipinski definition) is 2. The van der Waals surface area contributed by atoms with E-state index in [-0.39, 0.29) is 0 Å². The van der Waals surface area contributed by atoms with E-state index in [1.165, 1.54) is 0 Å². The molecule has 4 heteroatoms. The van der Waals surface area contributed by atoms with Crippen molar-refractivity contribution >= 4 is 11.4 Å². The Morgan fingerprint density at radius 1 is 1.56 bits per heavy atom. The Balaban J connectivity index is 2.85. The molecule has 0 heterocycles. The van der Waals surface area contributed by atoms with Gasteiger partial charge in [0.1, 0.15) is 5.69 Å². The van der Waals surface area contributed by atoms with Gasteiger partial charge < -0.3 is 10.7 Å². The van der Waals surface area contributed by atoms with Crippen LogP contribution in [0.15, 0.2) is 35.7 Å². The van der Waals surface area contributed by atoms with Gasteiger partial charge in [-0.2, -0.15) is 0 Å². The zero-order valence-electron chi connectivity index (χ0n) is 9.45. The predicted octanol–water partition coefficient (Wildman–Crippen LogP) is 2.88. The fraction of sp³-hybridized carbons (Fsp3) is 0.250. The summed E-state index contributed by atoms with van der Waals surface area (Å²) in [4.78, 5) is 10.4. The minimum Gasteiger partial charge on any atom is -0.391 e. The number of benzene rings is 1. The highest BCUT2D eigenvalue weighted by Crippen LogP contribution is 2.19. The number of hydrogen-bond acceptors (Lipinski definition) is 4. The Morgan fingerprint density at radius 2 is 2.31 bits per heavy atom. The van der Waals surface area contributed by atoms with Crippen LogP contribution >= 0.6 is 0 Å². The molecule has 0 radical (unpaired) electrons. The minimum absolute atomic E-state index is 0.404. The van der Waals surface area contributed by atoms with Crippen LogP contribution in [0.1, 0.15) is 18.1 Å². The molecule has 0 bridgehead atoms. The van der Waals surface area contributed by atoms with Gasteiger partial charge in [0, 0.05) is 6.54 Å². The van der Waals surface area contributed by atoms with Crippen LogP contribution in [-0.4, -0.2) is 12.3 Å². The molecule has 0 fully saturated rings. The van der Waals surface area contributed by atoms with Crippen LogP contribution in [0.2, 0.25) is 0 Å². The maximum Gasteiger partial charge on any atom is 0.110 e. The van der Waals surface area contributed by atoms with Crippen LogP contribution in [0.3, 0.4) is 0 Å². The first-order valence-electron chi connectivity index (χ1n) is 5.12. The van der Waals surface area contributed by atoms with Crippen molar-refractivity contribution in [3.8, 4) is 0 Å². The number of nitrogens with zero attached hydrogens (tertiary/aromatic N) is 1. The number of allylic oxidation sites excluding steroid dienone is 1. The average molecular weight is 217 g/mol. The molecule has 0 aliphatic rings. The second-order valence-electron chi connectivity index (χ2n) is 3.40. The molecular formula is C12H15N3O. The summed E-state index contributed by atoms with van der Waals surface area (Å²) in [7, 11) is 0. The highest BCUT2D eigenvalue weighted by Gasteiger charge is 2.02. The van der Waals surface area contributed by atoms with Crippen LogP contribution in [0.25, 0.3) is 0 Å².